The van der Waals surface area contributed by atoms with E-state index in [4.69, 9.17) is 4.42 Å². The average molecular weight is 323 g/mol. The highest BCUT2D eigenvalue weighted by molar-refractivity contribution is 5.95. The van der Waals surface area contributed by atoms with Gasteiger partial charge in [0.25, 0.3) is 5.91 Å². The number of hydrogen-bond acceptors (Lipinski definition) is 3. The maximum atomic E-state index is 12.1. The molecule has 3 aromatic rings. The Bertz CT molecular complexity index is 844. The van der Waals surface area contributed by atoms with Crippen LogP contribution in [0.5, 0.6) is 0 Å². The zero-order valence-electron chi connectivity index (χ0n) is 14.2. The number of hydrogen-bond donors (Lipinski definition) is 1. The molecule has 3 rings (SSSR count). The van der Waals surface area contributed by atoms with Crippen molar-refractivity contribution in [3.63, 3.8) is 0 Å². The number of carbonyl (C=O) groups excluding carboxylic acids is 1. The summed E-state index contributed by atoms with van der Waals surface area (Å²) in [5.41, 5.74) is 4.03. The van der Waals surface area contributed by atoms with Crippen LogP contribution in [0.1, 0.15) is 27.4 Å². The van der Waals surface area contributed by atoms with E-state index in [1.165, 1.54) is 5.56 Å². The van der Waals surface area contributed by atoms with Crippen molar-refractivity contribution in [1.29, 1.82) is 0 Å². The third-order valence-corrected chi connectivity index (χ3v) is 3.98. The molecule has 0 unspecified atom stereocenters. The van der Waals surface area contributed by atoms with Gasteiger partial charge in [-0.1, -0.05) is 24.3 Å². The smallest absolute Gasteiger partial charge is 0.254 e. The highest BCUT2D eigenvalue weighted by Gasteiger charge is 2.12. The molecule has 24 heavy (non-hydrogen) atoms. The van der Waals surface area contributed by atoms with Gasteiger partial charge in [0.2, 0.25) is 0 Å². The third-order valence-electron chi connectivity index (χ3n) is 3.98. The molecule has 1 amide bonds. The van der Waals surface area contributed by atoms with Gasteiger partial charge in [0.15, 0.2) is 0 Å². The maximum absolute atomic E-state index is 12.1. The third kappa shape index (κ3) is 3.56. The van der Waals surface area contributed by atoms with Gasteiger partial charge in [-0.2, -0.15) is 5.10 Å². The minimum atomic E-state index is -0.0867. The van der Waals surface area contributed by atoms with Crippen molar-refractivity contribution < 1.29 is 9.21 Å². The van der Waals surface area contributed by atoms with E-state index in [0.717, 1.165) is 23.3 Å². The van der Waals surface area contributed by atoms with Gasteiger partial charge in [-0.3, -0.25) is 9.48 Å². The first-order valence-corrected chi connectivity index (χ1v) is 7.96. The summed E-state index contributed by atoms with van der Waals surface area (Å²) in [5.74, 6) is 1.32. The molecule has 0 spiro atoms. The summed E-state index contributed by atoms with van der Waals surface area (Å²) in [6.07, 6.45) is 4.63. The fourth-order valence-corrected chi connectivity index (χ4v) is 2.71. The molecule has 0 aliphatic rings. The molecule has 1 aromatic carbocycles. The SMILES string of the molecule is Cc1cc(C(=O)NCCc2ccc(-c3cnn(C)c3)cc2)c(C)o1. The zero-order chi connectivity index (χ0) is 17.1. The number of nitrogens with zero attached hydrogens (tertiary/aromatic N) is 2. The van der Waals surface area contributed by atoms with Crippen molar-refractivity contribution >= 4 is 5.91 Å². The van der Waals surface area contributed by atoms with Crippen LogP contribution in [-0.2, 0) is 13.5 Å². The van der Waals surface area contributed by atoms with Gasteiger partial charge in [-0.05, 0) is 37.5 Å². The molecular weight excluding hydrogens is 302 g/mol. The van der Waals surface area contributed by atoms with Crippen molar-refractivity contribution in [2.24, 2.45) is 7.05 Å². The second kappa shape index (κ2) is 6.74. The molecule has 0 saturated carbocycles. The van der Waals surface area contributed by atoms with Crippen LogP contribution in [0.4, 0.5) is 0 Å². The zero-order valence-corrected chi connectivity index (χ0v) is 14.2. The molecular formula is C19H21N3O2. The molecule has 0 aliphatic carbocycles. The van der Waals surface area contributed by atoms with Gasteiger partial charge in [0.1, 0.15) is 11.5 Å². The second-order valence-corrected chi connectivity index (χ2v) is 5.93. The standard InChI is InChI=1S/C19H21N3O2/c1-13-10-18(14(2)24-13)19(23)20-9-8-15-4-6-16(7-5-15)17-11-21-22(3)12-17/h4-7,10-12H,8-9H2,1-3H3,(H,20,23). The lowest BCUT2D eigenvalue weighted by molar-refractivity contribution is 0.0952. The molecule has 124 valence electrons. The first-order valence-electron chi connectivity index (χ1n) is 7.96. The first kappa shape index (κ1) is 16.1. The Balaban J connectivity index is 1.55. The van der Waals surface area contributed by atoms with Gasteiger partial charge in [-0.15, -0.1) is 0 Å². The van der Waals surface area contributed by atoms with Crippen LogP contribution in [-0.4, -0.2) is 22.2 Å². The Hall–Kier alpha value is -2.82. The van der Waals surface area contributed by atoms with Gasteiger partial charge in [-0.25, -0.2) is 0 Å². The highest BCUT2D eigenvalue weighted by atomic mass is 16.3. The largest absolute Gasteiger partial charge is 0.466 e. The van der Waals surface area contributed by atoms with Gasteiger partial charge in [0.05, 0.1) is 11.8 Å². The monoisotopic (exact) mass is 323 g/mol. The van der Waals surface area contributed by atoms with E-state index in [9.17, 15) is 4.79 Å². The quantitative estimate of drug-likeness (QED) is 0.784. The van der Waals surface area contributed by atoms with Crippen molar-refractivity contribution in [2.45, 2.75) is 20.3 Å². The fraction of sp³-hybridized carbons (Fsp3) is 0.263. The molecule has 5 heteroatoms. The number of furan rings is 1. The van der Waals surface area contributed by atoms with Crippen LogP contribution in [0.25, 0.3) is 11.1 Å². The van der Waals surface area contributed by atoms with Crippen molar-refractivity contribution in [3.05, 3.63) is 65.4 Å². The van der Waals surface area contributed by atoms with Crippen molar-refractivity contribution in [2.75, 3.05) is 6.54 Å². The van der Waals surface area contributed by atoms with Crippen molar-refractivity contribution in [1.82, 2.24) is 15.1 Å². The summed E-state index contributed by atoms with van der Waals surface area (Å²) in [6.45, 7) is 4.24. The van der Waals surface area contributed by atoms with Gasteiger partial charge >= 0.3 is 0 Å². The molecule has 2 heterocycles. The van der Waals surface area contributed by atoms with E-state index in [-0.39, 0.29) is 5.91 Å². The molecule has 0 saturated heterocycles. The van der Waals surface area contributed by atoms with E-state index in [1.54, 1.807) is 17.7 Å². The van der Waals surface area contributed by atoms with E-state index >= 15 is 0 Å². The Kier molecular flexibility index (Phi) is 4.51. The summed E-state index contributed by atoms with van der Waals surface area (Å²) >= 11 is 0. The molecule has 2 aromatic heterocycles. The molecule has 0 bridgehead atoms. The van der Waals surface area contributed by atoms with Crippen LogP contribution in [0.3, 0.4) is 0 Å². The Morgan fingerprint density at radius 1 is 1.21 bits per heavy atom. The van der Waals surface area contributed by atoms with Gasteiger partial charge in [0, 0.05) is 25.4 Å². The molecule has 1 N–H and O–H groups in total. The Morgan fingerprint density at radius 2 is 1.96 bits per heavy atom. The summed E-state index contributed by atoms with van der Waals surface area (Å²) in [4.78, 5) is 12.1. The molecule has 0 fully saturated rings. The predicted octanol–water partition coefficient (Wildman–Crippen LogP) is 3.27. The van der Waals surface area contributed by atoms with Crippen LogP contribution >= 0.6 is 0 Å². The van der Waals surface area contributed by atoms with E-state index in [0.29, 0.717) is 17.9 Å². The Labute approximate surface area is 141 Å². The normalized spacial score (nSPS) is 10.8. The maximum Gasteiger partial charge on any atom is 0.254 e. The minimum absolute atomic E-state index is 0.0867. The van der Waals surface area contributed by atoms with Crippen LogP contribution in [0.2, 0.25) is 0 Å². The summed E-state index contributed by atoms with van der Waals surface area (Å²) in [6, 6.07) is 10.1. The minimum Gasteiger partial charge on any atom is -0.466 e. The van der Waals surface area contributed by atoms with Crippen LogP contribution in [0, 0.1) is 13.8 Å². The lowest BCUT2D eigenvalue weighted by Gasteiger charge is -2.05. The van der Waals surface area contributed by atoms with E-state index in [2.05, 4.69) is 34.7 Å². The number of benzene rings is 1. The highest BCUT2D eigenvalue weighted by Crippen LogP contribution is 2.19. The van der Waals surface area contributed by atoms with Crippen molar-refractivity contribution in [3.8, 4) is 11.1 Å². The second-order valence-electron chi connectivity index (χ2n) is 5.93. The van der Waals surface area contributed by atoms with E-state index in [1.807, 2.05) is 26.4 Å². The van der Waals surface area contributed by atoms with Crippen LogP contribution < -0.4 is 5.32 Å². The molecule has 0 aliphatic heterocycles. The molecule has 0 radical (unpaired) electrons. The number of rotatable bonds is 5. The average Bonchev–Trinajstić information content (AvgIpc) is 3.13. The lowest BCUT2D eigenvalue weighted by Crippen LogP contribution is -2.25. The predicted molar refractivity (Wildman–Crippen MR) is 92.9 cm³/mol. The topological polar surface area (TPSA) is 60.1 Å². The van der Waals surface area contributed by atoms with Crippen LogP contribution in [0.15, 0.2) is 47.1 Å². The Morgan fingerprint density at radius 3 is 2.54 bits per heavy atom. The van der Waals surface area contributed by atoms with Gasteiger partial charge < -0.3 is 9.73 Å². The number of aromatic nitrogens is 2. The summed E-state index contributed by atoms with van der Waals surface area (Å²) < 4.78 is 7.18. The molecule has 0 atom stereocenters. The number of aryl methyl sites for hydroxylation is 3. The lowest BCUT2D eigenvalue weighted by atomic mass is 10.1. The molecule has 5 nitrogen and oxygen atoms in total. The first-order chi connectivity index (χ1) is 11.5. The fourth-order valence-electron chi connectivity index (χ4n) is 2.71. The number of amides is 1. The summed E-state index contributed by atoms with van der Waals surface area (Å²) in [5, 5.41) is 7.12. The summed E-state index contributed by atoms with van der Waals surface area (Å²) in [7, 11) is 1.91. The number of nitrogens with one attached hydrogen (secondary N) is 1. The number of carbonyl (C=O) groups is 1. The van der Waals surface area contributed by atoms with E-state index < -0.39 is 0 Å².